The molecule has 0 aliphatic carbocycles. The molecule has 3 rings (SSSR count). The van der Waals surface area contributed by atoms with E-state index in [0.29, 0.717) is 17.8 Å². The van der Waals surface area contributed by atoms with Crippen molar-refractivity contribution in [2.24, 2.45) is 11.8 Å². The molecule has 140 valence electrons. The van der Waals surface area contributed by atoms with Crippen molar-refractivity contribution in [2.45, 2.75) is 25.7 Å². The Hall–Kier alpha value is -1.62. The molecule has 1 fully saturated rings. The maximum absolute atomic E-state index is 9.79. The number of hydrogen-bond acceptors (Lipinski definition) is 4. The topological polar surface area (TPSA) is 56.6 Å². The molecule has 2 N–H and O–H groups in total. The van der Waals surface area contributed by atoms with Crippen LogP contribution in [0.3, 0.4) is 0 Å². The van der Waals surface area contributed by atoms with Crippen LogP contribution in [-0.4, -0.2) is 46.3 Å². The minimum absolute atomic E-state index is 0.199. The van der Waals surface area contributed by atoms with Crippen LogP contribution in [0.15, 0.2) is 42.6 Å². The third-order valence-electron chi connectivity index (χ3n) is 5.41. The first-order chi connectivity index (χ1) is 12.5. The highest BCUT2D eigenvalue weighted by Gasteiger charge is 2.32. The number of aliphatic hydroxyl groups excluding tert-OH is 1. The number of aliphatic hydroxyl groups is 1. The Kier molecular flexibility index (Phi) is 6.52. The highest BCUT2D eigenvalue weighted by molar-refractivity contribution is 6.30. The van der Waals surface area contributed by atoms with E-state index in [1.807, 2.05) is 18.2 Å². The standard InChI is InChI=1S/C21H27ClN2O2/c1-15(21-9-8-20(26)10-23-21)11-24-12-17(18(13-24)14-25)5-2-16-3-6-19(22)7-4-16/h3-4,6-10,15,17-18,25-26H,2,5,11-14H2,1H3/t15?,17-,18?/m1/s1. The van der Waals surface area contributed by atoms with E-state index in [4.69, 9.17) is 11.6 Å². The second-order valence-electron chi connectivity index (χ2n) is 7.43. The van der Waals surface area contributed by atoms with Crippen LogP contribution in [0, 0.1) is 11.8 Å². The van der Waals surface area contributed by atoms with E-state index in [1.54, 1.807) is 6.07 Å². The zero-order valence-corrected chi connectivity index (χ0v) is 15.9. The summed E-state index contributed by atoms with van der Waals surface area (Å²) >= 11 is 5.95. The van der Waals surface area contributed by atoms with Crippen molar-refractivity contribution in [3.63, 3.8) is 0 Å². The van der Waals surface area contributed by atoms with Crippen molar-refractivity contribution in [3.05, 3.63) is 58.9 Å². The van der Waals surface area contributed by atoms with Gasteiger partial charge in [0.05, 0.1) is 6.20 Å². The Balaban J connectivity index is 1.54. The van der Waals surface area contributed by atoms with Crippen molar-refractivity contribution in [1.82, 2.24) is 9.88 Å². The van der Waals surface area contributed by atoms with Gasteiger partial charge in [-0.25, -0.2) is 0 Å². The number of aromatic nitrogens is 1. The molecule has 0 amide bonds. The first kappa shape index (κ1) is 19.2. The fraction of sp³-hybridized carbons (Fsp3) is 0.476. The monoisotopic (exact) mass is 374 g/mol. The molecule has 1 aromatic heterocycles. The van der Waals surface area contributed by atoms with E-state index in [1.165, 1.54) is 11.8 Å². The second kappa shape index (κ2) is 8.85. The van der Waals surface area contributed by atoms with Crippen LogP contribution < -0.4 is 0 Å². The third kappa shape index (κ3) is 4.97. The van der Waals surface area contributed by atoms with Gasteiger partial charge in [0.25, 0.3) is 0 Å². The zero-order chi connectivity index (χ0) is 18.5. The predicted molar refractivity (Wildman–Crippen MR) is 105 cm³/mol. The lowest BCUT2D eigenvalue weighted by Gasteiger charge is -2.20. The largest absolute Gasteiger partial charge is 0.506 e. The second-order valence-corrected chi connectivity index (χ2v) is 7.87. The summed E-state index contributed by atoms with van der Waals surface area (Å²) in [6, 6.07) is 11.6. The summed E-state index contributed by atoms with van der Waals surface area (Å²) < 4.78 is 0. The van der Waals surface area contributed by atoms with Crippen molar-refractivity contribution in [1.29, 1.82) is 0 Å². The molecule has 1 aliphatic heterocycles. The minimum Gasteiger partial charge on any atom is -0.506 e. The number of benzene rings is 1. The molecule has 1 aliphatic rings. The highest BCUT2D eigenvalue weighted by atomic mass is 35.5. The molecule has 3 atom stereocenters. The molecule has 0 radical (unpaired) electrons. The Morgan fingerprint density at radius 2 is 1.88 bits per heavy atom. The molecule has 0 spiro atoms. The summed E-state index contributed by atoms with van der Waals surface area (Å²) in [6.45, 7) is 5.28. The Labute approximate surface area is 160 Å². The van der Waals surface area contributed by atoms with Crippen LogP contribution in [0.1, 0.15) is 30.5 Å². The average molecular weight is 375 g/mol. The first-order valence-electron chi connectivity index (χ1n) is 9.27. The smallest absolute Gasteiger partial charge is 0.133 e. The maximum atomic E-state index is 9.79. The minimum atomic E-state index is 0.199. The number of hydrogen-bond donors (Lipinski definition) is 2. The van der Waals surface area contributed by atoms with Crippen molar-refractivity contribution >= 4 is 11.6 Å². The molecular weight excluding hydrogens is 348 g/mol. The van der Waals surface area contributed by atoms with Crippen LogP contribution in [0.2, 0.25) is 5.02 Å². The predicted octanol–water partition coefficient (Wildman–Crippen LogP) is 3.72. The zero-order valence-electron chi connectivity index (χ0n) is 15.2. The van der Waals surface area contributed by atoms with Gasteiger partial charge in [-0.1, -0.05) is 30.7 Å². The van der Waals surface area contributed by atoms with Crippen LogP contribution in [0.4, 0.5) is 0 Å². The lowest BCUT2D eigenvalue weighted by Crippen LogP contribution is -2.26. The van der Waals surface area contributed by atoms with Crippen molar-refractivity contribution in [3.8, 4) is 5.75 Å². The van der Waals surface area contributed by atoms with Crippen molar-refractivity contribution < 1.29 is 10.2 Å². The molecule has 0 bridgehead atoms. The van der Waals surface area contributed by atoms with Gasteiger partial charge in [0.1, 0.15) is 5.75 Å². The van der Waals surface area contributed by atoms with Crippen molar-refractivity contribution in [2.75, 3.05) is 26.2 Å². The molecule has 2 aromatic rings. The SMILES string of the molecule is CC(CN1CC(CO)[C@H](CCc2ccc(Cl)cc2)C1)c1ccc(O)cn1. The summed E-state index contributed by atoms with van der Waals surface area (Å²) in [5.74, 6) is 1.34. The molecule has 26 heavy (non-hydrogen) atoms. The summed E-state index contributed by atoms with van der Waals surface area (Å²) in [7, 11) is 0. The van der Waals surface area contributed by atoms with Gasteiger partial charge in [-0.2, -0.15) is 0 Å². The molecule has 1 saturated heterocycles. The number of halogens is 1. The van der Waals surface area contributed by atoms with E-state index in [2.05, 4.69) is 28.9 Å². The lowest BCUT2D eigenvalue weighted by atomic mass is 9.91. The van der Waals surface area contributed by atoms with Gasteiger partial charge in [0.2, 0.25) is 0 Å². The number of rotatable bonds is 7. The number of aryl methyl sites for hydroxylation is 1. The van der Waals surface area contributed by atoms with E-state index in [-0.39, 0.29) is 12.4 Å². The lowest BCUT2D eigenvalue weighted by molar-refractivity contribution is 0.196. The van der Waals surface area contributed by atoms with Crippen LogP contribution >= 0.6 is 11.6 Å². The fourth-order valence-corrected chi connectivity index (χ4v) is 4.02. The Bertz CT molecular complexity index is 690. The van der Waals surface area contributed by atoms with E-state index in [9.17, 15) is 10.2 Å². The van der Waals surface area contributed by atoms with Crippen LogP contribution in [0.25, 0.3) is 0 Å². The van der Waals surface area contributed by atoms with Gasteiger partial charge in [0.15, 0.2) is 0 Å². The van der Waals surface area contributed by atoms with Gasteiger partial charge >= 0.3 is 0 Å². The van der Waals surface area contributed by atoms with E-state index in [0.717, 1.165) is 43.2 Å². The third-order valence-corrected chi connectivity index (χ3v) is 5.66. The number of likely N-dealkylation sites (tertiary alicyclic amines) is 1. The molecule has 1 aromatic carbocycles. The molecule has 0 saturated carbocycles. The summed E-state index contributed by atoms with van der Waals surface area (Å²) in [4.78, 5) is 6.76. The number of pyridine rings is 1. The average Bonchev–Trinajstić information content (AvgIpc) is 3.03. The fourth-order valence-electron chi connectivity index (χ4n) is 3.89. The van der Waals surface area contributed by atoms with Gasteiger partial charge in [-0.15, -0.1) is 0 Å². The summed E-state index contributed by atoms with van der Waals surface area (Å²) in [5.41, 5.74) is 2.29. The Morgan fingerprint density at radius 1 is 1.15 bits per heavy atom. The van der Waals surface area contributed by atoms with Gasteiger partial charge in [0, 0.05) is 42.9 Å². The molecule has 4 nitrogen and oxygen atoms in total. The van der Waals surface area contributed by atoms with E-state index >= 15 is 0 Å². The molecule has 5 heteroatoms. The molecular formula is C21H27ClN2O2. The summed E-state index contributed by atoms with van der Waals surface area (Å²) in [5, 5.41) is 19.9. The van der Waals surface area contributed by atoms with Gasteiger partial charge < -0.3 is 15.1 Å². The number of nitrogens with zero attached hydrogens (tertiary/aromatic N) is 2. The molecule has 2 unspecified atom stereocenters. The van der Waals surface area contributed by atoms with E-state index < -0.39 is 0 Å². The Morgan fingerprint density at radius 3 is 2.54 bits per heavy atom. The molecule has 2 heterocycles. The van der Waals surface area contributed by atoms with Crippen LogP contribution in [0.5, 0.6) is 5.75 Å². The summed E-state index contributed by atoms with van der Waals surface area (Å²) in [6.07, 6.45) is 3.59. The van der Waals surface area contributed by atoms with Gasteiger partial charge in [-0.05, 0) is 54.5 Å². The quantitative estimate of drug-likeness (QED) is 0.775. The highest BCUT2D eigenvalue weighted by Crippen LogP contribution is 2.29. The number of aromatic hydroxyl groups is 1. The van der Waals surface area contributed by atoms with Crippen LogP contribution in [-0.2, 0) is 6.42 Å². The first-order valence-corrected chi connectivity index (χ1v) is 9.65. The normalized spacial score (nSPS) is 21.8. The van der Waals surface area contributed by atoms with Gasteiger partial charge in [-0.3, -0.25) is 4.98 Å². The maximum Gasteiger partial charge on any atom is 0.133 e.